The molecule has 0 saturated heterocycles. The van der Waals surface area contributed by atoms with Crippen molar-refractivity contribution in [2.24, 2.45) is 0 Å². The predicted octanol–water partition coefficient (Wildman–Crippen LogP) is 2.54. The molecule has 2 aromatic rings. The number of nitrogens with two attached hydrogens (primary N) is 1. The van der Waals surface area contributed by atoms with E-state index in [1.807, 2.05) is 4.90 Å². The van der Waals surface area contributed by atoms with Crippen LogP contribution in [0.1, 0.15) is 20.8 Å². The van der Waals surface area contributed by atoms with Crippen molar-refractivity contribution < 1.29 is 9.53 Å². The summed E-state index contributed by atoms with van der Waals surface area (Å²) in [6.07, 6.45) is 0.919. The van der Waals surface area contributed by atoms with Gasteiger partial charge in [-0.1, -0.05) is 0 Å². The van der Waals surface area contributed by atoms with Gasteiger partial charge in [0, 0.05) is 23.7 Å². The highest BCUT2D eigenvalue weighted by Crippen LogP contribution is 2.27. The van der Waals surface area contributed by atoms with E-state index in [0.717, 1.165) is 13.0 Å². The van der Waals surface area contributed by atoms with E-state index < -0.39 is 0 Å². The molecule has 0 saturated carbocycles. The number of nitrogens with zero attached hydrogens (tertiary/aromatic N) is 1. The second-order valence-electron chi connectivity index (χ2n) is 4.80. The van der Waals surface area contributed by atoms with Crippen LogP contribution in [0.5, 0.6) is 5.75 Å². The van der Waals surface area contributed by atoms with Gasteiger partial charge in [0.25, 0.3) is 5.91 Å². The molecule has 20 heavy (non-hydrogen) atoms. The third kappa shape index (κ3) is 2.25. The molecule has 0 radical (unpaired) electrons. The highest BCUT2D eigenvalue weighted by atomic mass is 32.1. The minimum absolute atomic E-state index is 0.0294. The number of methoxy groups -OCH3 is 1. The van der Waals surface area contributed by atoms with Crippen molar-refractivity contribution in [1.29, 1.82) is 0 Å². The Kier molecular flexibility index (Phi) is 3.36. The van der Waals surface area contributed by atoms with E-state index in [-0.39, 0.29) is 5.91 Å². The first kappa shape index (κ1) is 13.0. The lowest BCUT2D eigenvalue weighted by Gasteiger charge is -2.27. The summed E-state index contributed by atoms with van der Waals surface area (Å²) in [5.41, 5.74) is 8.18. The summed E-state index contributed by atoms with van der Waals surface area (Å²) in [5, 5.41) is 2.08. The lowest BCUT2D eigenvalue weighted by atomic mass is 10.1. The molecule has 104 valence electrons. The van der Waals surface area contributed by atoms with Gasteiger partial charge in [-0.15, -0.1) is 11.3 Å². The van der Waals surface area contributed by atoms with E-state index in [0.29, 0.717) is 23.5 Å². The summed E-state index contributed by atoms with van der Waals surface area (Å²) in [7, 11) is 1.58. The number of benzene rings is 1. The number of amides is 1. The van der Waals surface area contributed by atoms with E-state index in [9.17, 15) is 4.79 Å². The Morgan fingerprint density at radius 3 is 3.05 bits per heavy atom. The molecule has 3 rings (SSSR count). The number of hydrogen-bond acceptors (Lipinski definition) is 4. The topological polar surface area (TPSA) is 55.6 Å². The number of carbonyl (C=O) groups excluding carboxylic acids is 1. The van der Waals surface area contributed by atoms with Gasteiger partial charge >= 0.3 is 0 Å². The normalized spacial score (nSPS) is 13.9. The number of ether oxygens (including phenoxy) is 1. The summed E-state index contributed by atoms with van der Waals surface area (Å²) >= 11 is 1.76. The SMILES string of the molecule is COc1ccc(N)c(C(=O)N2CCc3sccc3C2)c1. The number of carbonyl (C=O) groups is 1. The maximum atomic E-state index is 12.6. The Balaban J connectivity index is 1.87. The number of nitrogen functional groups attached to an aromatic ring is 1. The molecule has 4 nitrogen and oxygen atoms in total. The third-order valence-corrected chi connectivity index (χ3v) is 4.61. The summed E-state index contributed by atoms with van der Waals surface area (Å²) in [6.45, 7) is 1.40. The quantitative estimate of drug-likeness (QED) is 0.864. The van der Waals surface area contributed by atoms with E-state index >= 15 is 0 Å². The minimum Gasteiger partial charge on any atom is -0.497 e. The van der Waals surface area contributed by atoms with Gasteiger partial charge in [0.15, 0.2) is 0 Å². The Morgan fingerprint density at radius 1 is 1.40 bits per heavy atom. The summed E-state index contributed by atoms with van der Waals surface area (Å²) in [5.74, 6) is 0.619. The fourth-order valence-corrected chi connectivity index (χ4v) is 3.33. The van der Waals surface area contributed by atoms with E-state index in [1.54, 1.807) is 36.6 Å². The lowest BCUT2D eigenvalue weighted by molar-refractivity contribution is 0.0736. The van der Waals surface area contributed by atoms with Crippen LogP contribution in [0, 0.1) is 0 Å². The smallest absolute Gasteiger partial charge is 0.256 e. The van der Waals surface area contributed by atoms with Crippen LogP contribution in [-0.2, 0) is 13.0 Å². The molecule has 0 unspecified atom stereocenters. The van der Waals surface area contributed by atoms with Crippen LogP contribution in [0.2, 0.25) is 0 Å². The van der Waals surface area contributed by atoms with Crippen molar-refractivity contribution in [3.05, 3.63) is 45.6 Å². The number of rotatable bonds is 2. The molecule has 0 bridgehead atoms. The maximum absolute atomic E-state index is 12.6. The first-order valence-corrected chi connectivity index (χ1v) is 7.35. The van der Waals surface area contributed by atoms with Gasteiger partial charge in [-0.25, -0.2) is 0 Å². The van der Waals surface area contributed by atoms with Crippen LogP contribution >= 0.6 is 11.3 Å². The van der Waals surface area contributed by atoms with Crippen LogP contribution in [0.15, 0.2) is 29.6 Å². The zero-order valence-corrected chi connectivity index (χ0v) is 12.1. The van der Waals surface area contributed by atoms with Gasteiger partial charge < -0.3 is 15.4 Å². The molecule has 1 aromatic heterocycles. The second-order valence-corrected chi connectivity index (χ2v) is 5.80. The van der Waals surface area contributed by atoms with Gasteiger partial charge in [-0.2, -0.15) is 0 Å². The number of hydrogen-bond donors (Lipinski definition) is 1. The summed E-state index contributed by atoms with van der Waals surface area (Å²) < 4.78 is 5.17. The molecule has 2 N–H and O–H groups in total. The monoisotopic (exact) mass is 288 g/mol. The molecule has 1 aromatic carbocycles. The Morgan fingerprint density at radius 2 is 2.25 bits per heavy atom. The Bertz CT molecular complexity index is 651. The van der Waals surface area contributed by atoms with Gasteiger partial charge in [0.1, 0.15) is 5.75 Å². The van der Waals surface area contributed by atoms with Crippen LogP contribution in [-0.4, -0.2) is 24.5 Å². The van der Waals surface area contributed by atoms with E-state index in [2.05, 4.69) is 11.4 Å². The highest BCUT2D eigenvalue weighted by Gasteiger charge is 2.24. The van der Waals surface area contributed by atoms with Gasteiger partial charge in [0.05, 0.1) is 12.7 Å². The average molecular weight is 288 g/mol. The van der Waals surface area contributed by atoms with Crippen molar-refractivity contribution in [2.75, 3.05) is 19.4 Å². The molecule has 2 heterocycles. The Labute approximate surface area is 121 Å². The van der Waals surface area contributed by atoms with Gasteiger partial charge in [-0.05, 0) is 41.6 Å². The Hall–Kier alpha value is -2.01. The van der Waals surface area contributed by atoms with Crippen molar-refractivity contribution in [1.82, 2.24) is 4.90 Å². The van der Waals surface area contributed by atoms with Crippen molar-refractivity contribution in [2.45, 2.75) is 13.0 Å². The molecule has 0 spiro atoms. The summed E-state index contributed by atoms with van der Waals surface area (Å²) in [6, 6.07) is 7.28. The average Bonchev–Trinajstić information content (AvgIpc) is 2.94. The molecule has 1 aliphatic heterocycles. The lowest BCUT2D eigenvalue weighted by Crippen LogP contribution is -2.35. The molecule has 0 aliphatic carbocycles. The first-order chi connectivity index (χ1) is 9.69. The van der Waals surface area contributed by atoms with Crippen LogP contribution < -0.4 is 10.5 Å². The van der Waals surface area contributed by atoms with Crippen LogP contribution in [0.25, 0.3) is 0 Å². The number of anilines is 1. The molecule has 1 aliphatic rings. The predicted molar refractivity (Wildman–Crippen MR) is 80.2 cm³/mol. The third-order valence-electron chi connectivity index (χ3n) is 3.59. The van der Waals surface area contributed by atoms with E-state index in [1.165, 1.54) is 10.4 Å². The number of fused-ring (bicyclic) bond motifs is 1. The van der Waals surface area contributed by atoms with E-state index in [4.69, 9.17) is 10.5 Å². The minimum atomic E-state index is -0.0294. The standard InChI is InChI=1S/C15H16N2O2S/c1-19-11-2-3-13(16)12(8-11)15(18)17-6-4-14-10(9-17)5-7-20-14/h2-3,5,7-8H,4,6,9,16H2,1H3. The van der Waals surface area contributed by atoms with Crippen molar-refractivity contribution >= 4 is 22.9 Å². The molecule has 0 fully saturated rings. The fourth-order valence-electron chi connectivity index (χ4n) is 2.44. The van der Waals surface area contributed by atoms with Crippen LogP contribution in [0.4, 0.5) is 5.69 Å². The van der Waals surface area contributed by atoms with Gasteiger partial charge in [0.2, 0.25) is 0 Å². The zero-order valence-electron chi connectivity index (χ0n) is 11.3. The summed E-state index contributed by atoms with van der Waals surface area (Å²) in [4.78, 5) is 15.8. The van der Waals surface area contributed by atoms with Crippen molar-refractivity contribution in [3.63, 3.8) is 0 Å². The van der Waals surface area contributed by atoms with Gasteiger partial charge in [-0.3, -0.25) is 4.79 Å². The first-order valence-electron chi connectivity index (χ1n) is 6.47. The zero-order chi connectivity index (χ0) is 14.1. The maximum Gasteiger partial charge on any atom is 0.256 e. The molecule has 5 heteroatoms. The number of thiophene rings is 1. The largest absolute Gasteiger partial charge is 0.497 e. The molecule has 0 atom stereocenters. The molecular weight excluding hydrogens is 272 g/mol. The fraction of sp³-hybridized carbons (Fsp3) is 0.267. The second kappa shape index (κ2) is 5.17. The highest BCUT2D eigenvalue weighted by molar-refractivity contribution is 7.10. The molecule has 1 amide bonds. The van der Waals surface area contributed by atoms with Crippen LogP contribution in [0.3, 0.4) is 0 Å². The van der Waals surface area contributed by atoms with Crippen molar-refractivity contribution in [3.8, 4) is 5.75 Å². The molecular formula is C15H16N2O2S.